The van der Waals surface area contributed by atoms with Gasteiger partial charge in [0.1, 0.15) is 6.04 Å². The van der Waals surface area contributed by atoms with Gasteiger partial charge < -0.3 is 18.4 Å². The number of carbonyl (C=O) groups excluding carboxylic acids is 3. The van der Waals surface area contributed by atoms with E-state index in [1.807, 2.05) is 32.9 Å². The maximum atomic E-state index is 12.4. The first-order chi connectivity index (χ1) is 9.88. The van der Waals surface area contributed by atoms with Crippen molar-refractivity contribution in [1.82, 2.24) is 5.32 Å². The third-order valence-corrected chi connectivity index (χ3v) is 3.90. The molecule has 22 heavy (non-hydrogen) atoms. The van der Waals surface area contributed by atoms with E-state index < -0.39 is 39.8 Å². The smallest absolute Gasteiger partial charge is 0.589 e. The molecule has 0 unspecified atom stereocenters. The summed E-state index contributed by atoms with van der Waals surface area (Å²) in [6.45, 7) is 5.61. The summed E-state index contributed by atoms with van der Waals surface area (Å²) in [5.41, 5.74) is 3.21. The highest BCUT2D eigenvalue weighted by atomic mass is 27.2. The van der Waals surface area contributed by atoms with Gasteiger partial charge in [-0.2, -0.15) is 0 Å². The first kappa shape index (κ1) is 18.2. The minimum atomic E-state index is -1.14. The van der Waals surface area contributed by atoms with Gasteiger partial charge in [-0.05, 0) is 31.9 Å². The van der Waals surface area contributed by atoms with Crippen molar-refractivity contribution in [1.29, 1.82) is 0 Å². The molecule has 117 valence electrons. The molecule has 0 saturated carbocycles. The van der Waals surface area contributed by atoms with Crippen LogP contribution < -0.4 is 5.32 Å². The molecule has 1 radical (unpaired) electrons. The quantitative estimate of drug-likeness (QED) is 0.765. The van der Waals surface area contributed by atoms with Gasteiger partial charge in [0.05, 0.1) is 6.42 Å². The summed E-state index contributed by atoms with van der Waals surface area (Å²) < 4.78 is 9.49. The molecule has 1 atom stereocenters. The molecule has 0 aromatic heterocycles. The van der Waals surface area contributed by atoms with Crippen LogP contribution in [-0.2, 0) is 17.2 Å². The number of hydrogen-bond donors (Lipinski definition) is 1. The highest BCUT2D eigenvalue weighted by Gasteiger charge is 2.31. The number of benzene rings is 1. The Bertz CT molecular complexity index is 592. The van der Waals surface area contributed by atoms with E-state index in [-0.39, 0.29) is 11.9 Å². The molecule has 0 spiro atoms. The second kappa shape index (κ2) is 7.40. The lowest BCUT2D eigenvalue weighted by atomic mass is 9.99. The van der Waals surface area contributed by atoms with Crippen molar-refractivity contribution >= 4 is 33.7 Å². The van der Waals surface area contributed by atoms with Crippen molar-refractivity contribution in [3.63, 3.8) is 0 Å². The van der Waals surface area contributed by atoms with Crippen LogP contribution in [0, 0.1) is 20.8 Å². The van der Waals surface area contributed by atoms with Crippen LogP contribution in [0.2, 0.25) is 0 Å². The Morgan fingerprint density at radius 3 is 2.36 bits per heavy atom. The molecule has 7 nitrogen and oxygen atoms in total. The van der Waals surface area contributed by atoms with Gasteiger partial charge in [-0.3, -0.25) is 14.4 Å². The molecular formula is C14H17AlNO6. The van der Waals surface area contributed by atoms with Crippen LogP contribution in [-0.4, -0.2) is 45.3 Å². The molecule has 1 saturated heterocycles. The minimum Gasteiger partial charge on any atom is -0.589 e. The standard InChI is InChI=1S/C14H17NO5.Al.H2O/c1-7-4-8(2)12(9(3)5-7)13(18)15-10(14(19)20)6-11(16)17;;/h4-5,10H,6H2,1-3H3,(H,15,18)(H,16,17)(H,19,20);;1H2/q;+2;/p-2/t10-;;/m1../s1. The normalized spacial score (nSPS) is 17.3. The average molecular weight is 322 g/mol. The molecule has 1 heterocycles. The largest absolute Gasteiger partial charge is 0.885 e. The Morgan fingerprint density at radius 2 is 1.77 bits per heavy atom. The van der Waals surface area contributed by atoms with E-state index >= 15 is 0 Å². The van der Waals surface area contributed by atoms with Crippen LogP contribution in [0.4, 0.5) is 0 Å². The zero-order valence-corrected chi connectivity index (χ0v) is 13.7. The fourth-order valence-corrected chi connectivity index (χ4v) is 2.89. The van der Waals surface area contributed by atoms with E-state index in [0.717, 1.165) is 16.7 Å². The van der Waals surface area contributed by atoms with Gasteiger partial charge in [0.25, 0.3) is 17.8 Å². The molecule has 3 N–H and O–H groups in total. The lowest BCUT2D eigenvalue weighted by Gasteiger charge is -2.16. The maximum absolute atomic E-state index is 12.4. The molecule has 1 amide bonds. The van der Waals surface area contributed by atoms with E-state index in [9.17, 15) is 14.4 Å². The molecule has 8 heteroatoms. The van der Waals surface area contributed by atoms with Crippen molar-refractivity contribution in [2.75, 3.05) is 0 Å². The summed E-state index contributed by atoms with van der Waals surface area (Å²) in [6.07, 6.45) is -0.207. The number of nitrogens with one attached hydrogen (secondary N) is 1. The van der Waals surface area contributed by atoms with Gasteiger partial charge in [-0.1, -0.05) is 17.7 Å². The highest BCUT2D eigenvalue weighted by Crippen LogP contribution is 2.17. The number of rotatable bonds is 2. The Morgan fingerprint density at radius 1 is 1.18 bits per heavy atom. The predicted molar refractivity (Wildman–Crippen MR) is 78.1 cm³/mol. The lowest BCUT2D eigenvalue weighted by molar-refractivity contribution is -0.137. The van der Waals surface area contributed by atoms with Crippen molar-refractivity contribution in [3.8, 4) is 0 Å². The van der Waals surface area contributed by atoms with Crippen LogP contribution in [0.25, 0.3) is 0 Å². The average Bonchev–Trinajstić information content (AvgIpc) is 2.50. The first-order valence-corrected chi connectivity index (χ1v) is 7.43. The van der Waals surface area contributed by atoms with Crippen molar-refractivity contribution in [2.24, 2.45) is 0 Å². The Hall–Kier alpha value is -1.88. The van der Waals surface area contributed by atoms with Crippen molar-refractivity contribution in [2.45, 2.75) is 33.2 Å². The number of aryl methyl sites for hydroxylation is 3. The summed E-state index contributed by atoms with van der Waals surface area (Å²) >= 11 is -1.14. The summed E-state index contributed by atoms with van der Waals surface area (Å²) in [7, 11) is 0. The molecule has 0 aliphatic carbocycles. The minimum absolute atomic E-state index is 0. The molecule has 1 fully saturated rings. The van der Waals surface area contributed by atoms with E-state index in [2.05, 4.69) is 5.32 Å². The van der Waals surface area contributed by atoms with E-state index in [1.54, 1.807) is 0 Å². The zero-order valence-electron chi connectivity index (χ0n) is 12.6. The van der Waals surface area contributed by atoms with Gasteiger partial charge in [-0.15, -0.1) is 0 Å². The topological polar surface area (TPSA) is 113 Å². The van der Waals surface area contributed by atoms with Crippen LogP contribution >= 0.6 is 0 Å². The molecule has 1 aliphatic heterocycles. The summed E-state index contributed by atoms with van der Waals surface area (Å²) in [6, 6.07) is 2.79. The fourth-order valence-electron chi connectivity index (χ4n) is 2.38. The molecule has 1 aromatic carbocycles. The summed E-state index contributed by atoms with van der Waals surface area (Å²) in [5, 5.41) is 2.56. The predicted octanol–water partition coefficient (Wildman–Crippen LogP) is -0.0901. The third-order valence-electron chi connectivity index (χ3n) is 3.21. The molecule has 1 aromatic rings. The molecular weight excluding hydrogens is 305 g/mol. The van der Waals surface area contributed by atoms with E-state index in [4.69, 9.17) is 7.58 Å². The number of hydrogen-bond acceptors (Lipinski definition) is 5. The van der Waals surface area contributed by atoms with Gasteiger partial charge in [0.15, 0.2) is 0 Å². The van der Waals surface area contributed by atoms with Crippen LogP contribution in [0.15, 0.2) is 12.1 Å². The van der Waals surface area contributed by atoms with Crippen LogP contribution in [0.5, 0.6) is 0 Å². The van der Waals surface area contributed by atoms with Crippen LogP contribution in [0.3, 0.4) is 0 Å². The van der Waals surface area contributed by atoms with E-state index in [0.29, 0.717) is 5.56 Å². The first-order valence-electron chi connectivity index (χ1n) is 6.49. The fraction of sp³-hybridized carbons (Fsp3) is 0.357. The van der Waals surface area contributed by atoms with Crippen LogP contribution in [0.1, 0.15) is 33.5 Å². The summed E-state index contributed by atoms with van der Waals surface area (Å²) in [5.74, 6) is -1.57. The molecule has 0 bridgehead atoms. The SMILES string of the molecule is Cc1cc(C)c(C(=O)N[C@@H]2CC(=O)[O][Al][O]C2=O)c(C)c1.O. The van der Waals surface area contributed by atoms with Gasteiger partial charge in [-0.25, -0.2) is 0 Å². The Labute approximate surface area is 134 Å². The monoisotopic (exact) mass is 322 g/mol. The zero-order chi connectivity index (χ0) is 15.6. The van der Waals surface area contributed by atoms with Crippen molar-refractivity contribution < 1.29 is 27.4 Å². The van der Waals surface area contributed by atoms with E-state index in [1.165, 1.54) is 0 Å². The molecule has 2 rings (SSSR count). The molecule has 1 aliphatic rings. The second-order valence-corrected chi connectivity index (χ2v) is 5.69. The number of amides is 1. The number of carbonyl (C=O) groups is 3. The van der Waals surface area contributed by atoms with Gasteiger partial charge in [0, 0.05) is 5.56 Å². The Balaban J connectivity index is 0.00000242. The summed E-state index contributed by atoms with van der Waals surface area (Å²) in [4.78, 5) is 35.4. The highest BCUT2D eigenvalue weighted by molar-refractivity contribution is 6.27. The van der Waals surface area contributed by atoms with Gasteiger partial charge >= 0.3 is 15.9 Å². The second-order valence-electron chi connectivity index (χ2n) is 5.03. The maximum Gasteiger partial charge on any atom is 0.885 e. The van der Waals surface area contributed by atoms with Gasteiger partial charge in [0.2, 0.25) is 0 Å². The van der Waals surface area contributed by atoms with Crippen molar-refractivity contribution in [3.05, 3.63) is 34.4 Å². The third kappa shape index (κ3) is 4.07. The Kier molecular flexibility index (Phi) is 6.12. The lowest BCUT2D eigenvalue weighted by Crippen LogP contribution is -2.42.